The summed E-state index contributed by atoms with van der Waals surface area (Å²) in [4.78, 5) is 2.42. The van der Waals surface area contributed by atoms with Crippen LogP contribution in [0.4, 0.5) is 0 Å². The van der Waals surface area contributed by atoms with E-state index in [4.69, 9.17) is 5.21 Å². The van der Waals surface area contributed by atoms with Gasteiger partial charge in [-0.05, 0) is 43.0 Å². The lowest BCUT2D eigenvalue weighted by molar-refractivity contribution is 0.0323. The van der Waals surface area contributed by atoms with Gasteiger partial charge in [0.2, 0.25) is 0 Å². The van der Waals surface area contributed by atoms with Crippen LogP contribution in [0.2, 0.25) is 0 Å². The molecule has 2 rings (SSSR count). The van der Waals surface area contributed by atoms with Crippen molar-refractivity contribution in [3.8, 4) is 0 Å². The second-order valence-corrected chi connectivity index (χ2v) is 6.38. The summed E-state index contributed by atoms with van der Waals surface area (Å²) in [6.07, 6.45) is 9.23. The summed E-state index contributed by atoms with van der Waals surface area (Å²) in [5.74, 6) is 0.869. The first-order chi connectivity index (χ1) is 10.7. The monoisotopic (exact) mass is 304 g/mol. The molecule has 0 aliphatic heterocycles. The number of hydroxylamine groups is 1. The molecule has 122 valence electrons. The van der Waals surface area contributed by atoms with Crippen molar-refractivity contribution in [2.75, 3.05) is 13.6 Å². The van der Waals surface area contributed by atoms with Gasteiger partial charge in [0, 0.05) is 13.1 Å². The largest absolute Gasteiger partial charge is 0.373 e. The van der Waals surface area contributed by atoms with Crippen LogP contribution in [0.1, 0.15) is 43.2 Å². The Bertz CT molecular complexity index is 453. The van der Waals surface area contributed by atoms with Crippen molar-refractivity contribution >= 4 is 6.08 Å². The van der Waals surface area contributed by atoms with Gasteiger partial charge < -0.3 is 15.2 Å². The summed E-state index contributed by atoms with van der Waals surface area (Å²) in [5.41, 5.74) is 4.08. The number of aliphatic hydroxyl groups is 1. The minimum absolute atomic E-state index is 0.869. The number of nitrogens with zero attached hydrogens (tertiary/aromatic N) is 1. The Morgan fingerprint density at radius 2 is 1.91 bits per heavy atom. The van der Waals surface area contributed by atoms with Gasteiger partial charge in [0.15, 0.2) is 0 Å². The molecule has 1 unspecified atom stereocenters. The lowest BCUT2D eigenvalue weighted by Gasteiger charge is -2.27. The zero-order chi connectivity index (χ0) is 15.8. The van der Waals surface area contributed by atoms with Crippen molar-refractivity contribution in [3.63, 3.8) is 0 Å². The van der Waals surface area contributed by atoms with E-state index >= 15 is 0 Å². The van der Waals surface area contributed by atoms with Gasteiger partial charge in [-0.1, -0.05) is 49.6 Å². The summed E-state index contributed by atoms with van der Waals surface area (Å²) >= 11 is 0. The molecule has 3 N–H and O–H groups in total. The molecule has 1 aliphatic carbocycles. The van der Waals surface area contributed by atoms with Crippen LogP contribution < -0.4 is 5.48 Å². The van der Waals surface area contributed by atoms with E-state index in [1.54, 1.807) is 11.6 Å². The Labute approximate surface area is 133 Å². The van der Waals surface area contributed by atoms with E-state index in [9.17, 15) is 5.11 Å². The Kier molecular flexibility index (Phi) is 7.06. The van der Waals surface area contributed by atoms with Crippen molar-refractivity contribution in [2.45, 2.75) is 44.9 Å². The zero-order valence-corrected chi connectivity index (χ0v) is 13.4. The molecule has 1 aromatic rings. The van der Waals surface area contributed by atoms with Crippen molar-refractivity contribution in [1.82, 2.24) is 10.4 Å². The molecule has 1 aliphatic rings. The summed E-state index contributed by atoms with van der Waals surface area (Å²) < 4.78 is 0. The van der Waals surface area contributed by atoms with Gasteiger partial charge in [-0.25, -0.2) is 0 Å². The molecule has 4 heteroatoms. The quantitative estimate of drug-likeness (QED) is 0.535. The maximum Gasteiger partial charge on any atom is 0.146 e. The fraction of sp³-hybridized carbons (Fsp3) is 0.556. The van der Waals surface area contributed by atoms with Gasteiger partial charge in [0.25, 0.3) is 0 Å². The van der Waals surface area contributed by atoms with E-state index in [1.165, 1.54) is 50.3 Å². The molecule has 22 heavy (non-hydrogen) atoms. The van der Waals surface area contributed by atoms with E-state index in [1.807, 2.05) is 12.1 Å². The van der Waals surface area contributed by atoms with Crippen LogP contribution in [0.25, 0.3) is 6.08 Å². The molecule has 0 radical (unpaired) electrons. The first-order valence-electron chi connectivity index (χ1n) is 8.21. The topological polar surface area (TPSA) is 55.7 Å². The van der Waals surface area contributed by atoms with E-state index in [-0.39, 0.29) is 0 Å². The molecule has 1 saturated carbocycles. The third-order valence-corrected chi connectivity index (χ3v) is 4.33. The molecule has 1 aromatic carbocycles. The number of hydrogen-bond donors (Lipinski definition) is 3. The highest BCUT2D eigenvalue weighted by atomic mass is 16.5. The number of benzene rings is 1. The smallest absolute Gasteiger partial charge is 0.146 e. The van der Waals surface area contributed by atoms with Gasteiger partial charge in [0.05, 0.1) is 0 Å². The lowest BCUT2D eigenvalue weighted by atomic mass is 9.89. The van der Waals surface area contributed by atoms with Gasteiger partial charge in [-0.2, -0.15) is 5.48 Å². The van der Waals surface area contributed by atoms with E-state index < -0.39 is 6.23 Å². The minimum Gasteiger partial charge on any atom is -0.373 e. The third kappa shape index (κ3) is 5.89. The fourth-order valence-electron chi connectivity index (χ4n) is 3.17. The summed E-state index contributed by atoms with van der Waals surface area (Å²) in [6, 6.07) is 8.31. The van der Waals surface area contributed by atoms with E-state index in [0.717, 1.165) is 18.0 Å². The molecule has 1 fully saturated rings. The summed E-state index contributed by atoms with van der Waals surface area (Å²) in [7, 11) is 2.20. The SMILES string of the molecule is CN(Cc1ccc(/C=C/C(O)NO)cc1)CC1CCCCC1. The van der Waals surface area contributed by atoms with Crippen LogP contribution in [-0.2, 0) is 6.54 Å². The zero-order valence-electron chi connectivity index (χ0n) is 13.4. The molecule has 1 atom stereocenters. The molecule has 0 spiro atoms. The molecular weight excluding hydrogens is 276 g/mol. The summed E-state index contributed by atoms with van der Waals surface area (Å²) in [5, 5.41) is 17.7. The van der Waals surface area contributed by atoms with Gasteiger partial charge in [-0.3, -0.25) is 0 Å². The molecule has 0 aromatic heterocycles. The number of rotatable bonds is 7. The van der Waals surface area contributed by atoms with E-state index in [0.29, 0.717) is 0 Å². The predicted molar refractivity (Wildman–Crippen MR) is 89.3 cm³/mol. The van der Waals surface area contributed by atoms with Crippen LogP contribution in [0.5, 0.6) is 0 Å². The van der Waals surface area contributed by atoms with Crippen molar-refractivity contribution in [3.05, 3.63) is 41.5 Å². The molecular formula is C18H28N2O2. The van der Waals surface area contributed by atoms with Gasteiger partial charge in [-0.15, -0.1) is 0 Å². The third-order valence-electron chi connectivity index (χ3n) is 4.33. The average molecular weight is 304 g/mol. The van der Waals surface area contributed by atoms with E-state index in [2.05, 4.69) is 24.1 Å². The van der Waals surface area contributed by atoms with Crippen molar-refractivity contribution in [1.29, 1.82) is 0 Å². The highest BCUT2D eigenvalue weighted by molar-refractivity contribution is 5.50. The highest BCUT2D eigenvalue weighted by Gasteiger charge is 2.15. The number of nitrogens with one attached hydrogen (secondary N) is 1. The van der Waals surface area contributed by atoms with Crippen molar-refractivity contribution < 1.29 is 10.3 Å². The molecule has 0 saturated heterocycles. The molecule has 0 heterocycles. The van der Waals surface area contributed by atoms with Crippen LogP contribution in [0.3, 0.4) is 0 Å². The van der Waals surface area contributed by atoms with Crippen molar-refractivity contribution in [2.24, 2.45) is 5.92 Å². The fourth-order valence-corrected chi connectivity index (χ4v) is 3.17. The summed E-state index contributed by atoms with van der Waals surface area (Å²) in [6.45, 7) is 2.16. The maximum atomic E-state index is 9.19. The highest BCUT2D eigenvalue weighted by Crippen LogP contribution is 2.24. The molecule has 4 nitrogen and oxygen atoms in total. The van der Waals surface area contributed by atoms with Crippen LogP contribution >= 0.6 is 0 Å². The maximum absolute atomic E-state index is 9.19. The molecule has 0 amide bonds. The lowest BCUT2D eigenvalue weighted by Crippen LogP contribution is -2.26. The Hall–Kier alpha value is -1.20. The first-order valence-corrected chi connectivity index (χ1v) is 8.21. The van der Waals surface area contributed by atoms with Crippen LogP contribution in [0.15, 0.2) is 30.3 Å². The normalized spacial score (nSPS) is 18.2. The standard InChI is InChI=1S/C18H28N2O2/c1-20(13-16-5-3-2-4-6-16)14-17-9-7-15(8-10-17)11-12-18(21)19-22/h7-12,16,18-19,21-22H,2-6,13-14H2,1H3/b12-11+. The Balaban J connectivity index is 1.81. The Morgan fingerprint density at radius 1 is 1.23 bits per heavy atom. The second kappa shape index (κ2) is 9.06. The number of hydrogen-bond acceptors (Lipinski definition) is 4. The Morgan fingerprint density at radius 3 is 2.55 bits per heavy atom. The predicted octanol–water partition coefficient (Wildman–Crippen LogP) is 3.01. The van der Waals surface area contributed by atoms with Crippen LogP contribution in [0, 0.1) is 5.92 Å². The van der Waals surface area contributed by atoms with Crippen LogP contribution in [-0.4, -0.2) is 35.0 Å². The van der Waals surface area contributed by atoms with Gasteiger partial charge in [0.1, 0.15) is 6.23 Å². The second-order valence-electron chi connectivity index (χ2n) is 6.38. The minimum atomic E-state index is -1.03. The first kappa shape index (κ1) is 17.2. The van der Waals surface area contributed by atoms with Gasteiger partial charge >= 0.3 is 0 Å². The number of aliphatic hydroxyl groups excluding tert-OH is 1. The average Bonchev–Trinajstić information content (AvgIpc) is 2.54. The molecule has 0 bridgehead atoms.